The van der Waals surface area contributed by atoms with Gasteiger partial charge in [0.1, 0.15) is 11.2 Å². The predicted octanol–water partition coefficient (Wildman–Crippen LogP) is 0.563. The Morgan fingerprint density at radius 3 is 2.54 bits per heavy atom. The first kappa shape index (κ1) is 18.8. The summed E-state index contributed by atoms with van der Waals surface area (Å²) in [5.41, 5.74) is -1.04. The van der Waals surface area contributed by atoms with E-state index in [1.54, 1.807) is 6.07 Å². The minimum absolute atomic E-state index is 0.0595. The van der Waals surface area contributed by atoms with Crippen LogP contribution >= 0.6 is 0 Å². The summed E-state index contributed by atoms with van der Waals surface area (Å²) in [6, 6.07) is 5.96. The highest BCUT2D eigenvalue weighted by Crippen LogP contribution is 2.44. The number of carbonyl (C=O) groups excluding carboxylic acids is 1. The fraction of sp³-hybridized carbons (Fsp3) is 0.529. The van der Waals surface area contributed by atoms with Gasteiger partial charge in [-0.2, -0.15) is 0 Å². The first-order valence-electron chi connectivity index (χ1n) is 8.42. The van der Waals surface area contributed by atoms with Gasteiger partial charge < -0.3 is 10.0 Å². The molecule has 2 atom stereocenters. The van der Waals surface area contributed by atoms with Crippen LogP contribution in [0.5, 0.6) is 0 Å². The maximum Gasteiger partial charge on any atom is 0.313 e. The zero-order chi connectivity index (χ0) is 19.1. The monoisotopic (exact) mass is 384 g/mol. The molecule has 7 nitrogen and oxygen atoms in total. The van der Waals surface area contributed by atoms with Crippen molar-refractivity contribution in [3.8, 4) is 0 Å². The van der Waals surface area contributed by atoms with E-state index in [1.807, 2.05) is 0 Å². The number of fused-ring (bicyclic) bond motifs is 1. The highest BCUT2D eigenvalue weighted by atomic mass is 32.2. The molecule has 1 aromatic carbocycles. The van der Waals surface area contributed by atoms with Crippen LogP contribution in [0.15, 0.2) is 24.3 Å². The van der Waals surface area contributed by atoms with Crippen LogP contribution in [0.1, 0.15) is 12.5 Å². The molecule has 0 radical (unpaired) electrons. The first-order valence-corrected chi connectivity index (χ1v) is 10.0. The number of aliphatic carboxylic acids is 1. The normalized spacial score (nSPS) is 26.1. The standard InChI is InChI=1S/C17H21FN2O5S/c1-2-26(24,25)20-9-13-8-19(10-17(13,11-20)16(22)23)15(21)7-12-5-3-4-6-14(12)18/h3-6,13H,2,7-11H2,1H3,(H,22,23)/t13-,17-/m0/s1. The molecule has 0 bridgehead atoms. The molecule has 0 aromatic heterocycles. The van der Waals surface area contributed by atoms with E-state index in [1.165, 1.54) is 34.3 Å². The van der Waals surface area contributed by atoms with Crippen molar-refractivity contribution >= 4 is 21.9 Å². The summed E-state index contributed by atoms with van der Waals surface area (Å²) in [6.45, 7) is 1.57. The van der Waals surface area contributed by atoms with Gasteiger partial charge in [0.2, 0.25) is 15.9 Å². The van der Waals surface area contributed by atoms with Crippen molar-refractivity contribution in [1.29, 1.82) is 0 Å². The Hall–Kier alpha value is -2.00. The summed E-state index contributed by atoms with van der Waals surface area (Å²) in [7, 11) is -3.49. The van der Waals surface area contributed by atoms with Gasteiger partial charge in [0.25, 0.3) is 0 Å². The number of rotatable bonds is 5. The third kappa shape index (κ3) is 3.09. The smallest absolute Gasteiger partial charge is 0.313 e. The lowest BCUT2D eigenvalue weighted by molar-refractivity contribution is -0.148. The Balaban J connectivity index is 1.77. The number of likely N-dealkylation sites (tertiary alicyclic amines) is 1. The van der Waals surface area contributed by atoms with Crippen LogP contribution < -0.4 is 0 Å². The molecule has 0 unspecified atom stereocenters. The fourth-order valence-corrected chi connectivity index (χ4v) is 5.02. The summed E-state index contributed by atoms with van der Waals surface area (Å²) in [5, 5.41) is 9.74. The van der Waals surface area contributed by atoms with Crippen molar-refractivity contribution in [1.82, 2.24) is 9.21 Å². The second kappa shape index (κ2) is 6.62. The molecule has 1 amide bonds. The Morgan fingerprint density at radius 1 is 1.27 bits per heavy atom. The molecule has 0 aliphatic carbocycles. The molecule has 9 heteroatoms. The number of carbonyl (C=O) groups is 2. The average Bonchev–Trinajstić information content (AvgIpc) is 3.13. The molecule has 1 aromatic rings. The Bertz CT molecular complexity index is 843. The van der Waals surface area contributed by atoms with Gasteiger partial charge in [-0.25, -0.2) is 17.1 Å². The summed E-state index contributed by atoms with van der Waals surface area (Å²) in [5.74, 6) is -2.49. The van der Waals surface area contributed by atoms with Crippen LogP contribution in [0.25, 0.3) is 0 Å². The van der Waals surface area contributed by atoms with Gasteiger partial charge >= 0.3 is 5.97 Å². The van der Waals surface area contributed by atoms with E-state index in [2.05, 4.69) is 0 Å². The molecule has 0 spiro atoms. The minimum atomic E-state index is -3.49. The van der Waals surface area contributed by atoms with E-state index >= 15 is 0 Å². The van der Waals surface area contributed by atoms with Gasteiger partial charge in [0.05, 0.1) is 12.2 Å². The van der Waals surface area contributed by atoms with Crippen molar-refractivity contribution in [3.05, 3.63) is 35.6 Å². The van der Waals surface area contributed by atoms with Crippen LogP contribution in [-0.2, 0) is 26.0 Å². The first-order chi connectivity index (χ1) is 12.2. The lowest BCUT2D eigenvalue weighted by atomic mass is 9.81. The summed E-state index contributed by atoms with van der Waals surface area (Å²) in [4.78, 5) is 25.9. The topological polar surface area (TPSA) is 95.0 Å². The van der Waals surface area contributed by atoms with Crippen LogP contribution in [-0.4, -0.2) is 66.5 Å². The SMILES string of the molecule is CCS(=O)(=O)N1C[C@@H]2CN(C(=O)Cc3ccccc3F)C[C@]2(C(=O)O)C1. The third-order valence-electron chi connectivity index (χ3n) is 5.41. The van der Waals surface area contributed by atoms with E-state index in [0.29, 0.717) is 0 Å². The average molecular weight is 384 g/mol. The fourth-order valence-electron chi connectivity index (χ4n) is 3.82. The summed E-state index contributed by atoms with van der Waals surface area (Å²) < 4.78 is 39.2. The van der Waals surface area contributed by atoms with E-state index in [4.69, 9.17) is 0 Å². The van der Waals surface area contributed by atoms with Gasteiger partial charge in [0.15, 0.2) is 0 Å². The number of halogens is 1. The number of sulfonamides is 1. The van der Waals surface area contributed by atoms with Gasteiger partial charge in [-0.15, -0.1) is 0 Å². The lowest BCUT2D eigenvalue weighted by Crippen LogP contribution is -2.43. The molecule has 1 N–H and O–H groups in total. The van der Waals surface area contributed by atoms with Crippen LogP contribution in [0.2, 0.25) is 0 Å². The number of hydrogen-bond donors (Lipinski definition) is 1. The summed E-state index contributed by atoms with van der Waals surface area (Å²) in [6.07, 6.45) is -0.147. The summed E-state index contributed by atoms with van der Waals surface area (Å²) >= 11 is 0. The van der Waals surface area contributed by atoms with Gasteiger partial charge in [-0.1, -0.05) is 18.2 Å². The number of nitrogens with zero attached hydrogens (tertiary/aromatic N) is 2. The zero-order valence-electron chi connectivity index (χ0n) is 14.4. The molecule has 2 heterocycles. The Labute approximate surface area is 151 Å². The maximum atomic E-state index is 13.8. The van der Waals surface area contributed by atoms with Crippen LogP contribution in [0, 0.1) is 17.2 Å². The molecule has 26 heavy (non-hydrogen) atoms. The quantitative estimate of drug-likeness (QED) is 0.801. The molecule has 3 rings (SSSR count). The maximum absolute atomic E-state index is 13.8. The van der Waals surface area contributed by atoms with Crippen molar-refractivity contribution in [2.75, 3.05) is 31.9 Å². The molecular weight excluding hydrogens is 363 g/mol. The van der Waals surface area contributed by atoms with Crippen molar-refractivity contribution in [2.24, 2.45) is 11.3 Å². The van der Waals surface area contributed by atoms with E-state index < -0.39 is 33.1 Å². The van der Waals surface area contributed by atoms with E-state index in [9.17, 15) is 27.5 Å². The number of benzene rings is 1. The number of amides is 1. The largest absolute Gasteiger partial charge is 0.481 e. The number of carboxylic acids is 1. The van der Waals surface area contributed by atoms with Crippen LogP contribution in [0.4, 0.5) is 4.39 Å². The third-order valence-corrected chi connectivity index (χ3v) is 7.21. The molecule has 0 saturated carbocycles. The predicted molar refractivity (Wildman–Crippen MR) is 91.3 cm³/mol. The van der Waals surface area contributed by atoms with Gasteiger partial charge in [0, 0.05) is 32.1 Å². The van der Waals surface area contributed by atoms with E-state index in [0.717, 1.165) is 0 Å². The molecule has 2 fully saturated rings. The number of hydrogen-bond acceptors (Lipinski definition) is 4. The van der Waals surface area contributed by atoms with Crippen molar-refractivity contribution in [2.45, 2.75) is 13.3 Å². The molecule has 2 saturated heterocycles. The molecule has 2 aliphatic heterocycles. The highest BCUT2D eigenvalue weighted by molar-refractivity contribution is 7.89. The lowest BCUT2D eigenvalue weighted by Gasteiger charge is -2.25. The number of carboxylic acid groups (broad SMARTS) is 1. The van der Waals surface area contributed by atoms with Crippen molar-refractivity contribution in [3.63, 3.8) is 0 Å². The zero-order valence-corrected chi connectivity index (χ0v) is 15.2. The molecule has 142 valence electrons. The van der Waals surface area contributed by atoms with E-state index in [-0.39, 0.29) is 49.8 Å². The Morgan fingerprint density at radius 2 is 1.96 bits per heavy atom. The molecular formula is C17H21FN2O5S. The van der Waals surface area contributed by atoms with Gasteiger partial charge in [-0.05, 0) is 18.6 Å². The van der Waals surface area contributed by atoms with Crippen molar-refractivity contribution < 1.29 is 27.5 Å². The Kier molecular flexibility index (Phi) is 4.78. The highest BCUT2D eigenvalue weighted by Gasteiger charge is 2.60. The second-order valence-corrected chi connectivity index (χ2v) is 9.15. The van der Waals surface area contributed by atoms with Gasteiger partial charge in [-0.3, -0.25) is 9.59 Å². The molecule has 2 aliphatic rings. The minimum Gasteiger partial charge on any atom is -0.481 e. The van der Waals surface area contributed by atoms with Crippen LogP contribution in [0.3, 0.4) is 0 Å². The second-order valence-electron chi connectivity index (χ2n) is 6.89.